The Kier molecular flexibility index (Phi) is 8.79. The number of hydrogen-bond donors (Lipinski definition) is 2. The van der Waals surface area contributed by atoms with E-state index in [1.807, 2.05) is 43.5 Å². The zero-order chi connectivity index (χ0) is 20.0. The number of benzene rings is 1. The van der Waals surface area contributed by atoms with Gasteiger partial charge in [-0.05, 0) is 49.9 Å². The predicted octanol–water partition coefficient (Wildman–Crippen LogP) is 4.67. The predicted molar refractivity (Wildman–Crippen MR) is 119 cm³/mol. The molecule has 0 spiro atoms. The molecule has 2 unspecified atom stereocenters. The smallest absolute Gasteiger partial charge is 0.357 e. The summed E-state index contributed by atoms with van der Waals surface area (Å²) in [4.78, 5) is 4.57. The highest BCUT2D eigenvalue weighted by Gasteiger charge is 2.42. The van der Waals surface area contributed by atoms with Crippen molar-refractivity contribution in [2.24, 2.45) is 10.9 Å². The first-order valence-electron chi connectivity index (χ1n) is 9.66. The van der Waals surface area contributed by atoms with Gasteiger partial charge in [-0.2, -0.15) is 18.3 Å². The summed E-state index contributed by atoms with van der Waals surface area (Å²) in [6, 6.07) is 9.52. The first-order valence-corrected chi connectivity index (χ1v) is 9.66. The second-order valence-corrected chi connectivity index (χ2v) is 7.06. The number of rotatable bonds is 5. The minimum absolute atomic E-state index is 0. The van der Waals surface area contributed by atoms with E-state index in [-0.39, 0.29) is 42.9 Å². The summed E-state index contributed by atoms with van der Waals surface area (Å²) in [7, 11) is 0. The van der Waals surface area contributed by atoms with Crippen molar-refractivity contribution in [2.45, 2.75) is 51.4 Å². The molecule has 1 aliphatic rings. The topological polar surface area (TPSA) is 54.2 Å². The third kappa shape index (κ3) is 6.90. The highest BCUT2D eigenvalue weighted by Crippen LogP contribution is 2.37. The number of aromatic nitrogens is 2. The van der Waals surface area contributed by atoms with Crippen LogP contribution in [0.2, 0.25) is 0 Å². The van der Waals surface area contributed by atoms with E-state index in [2.05, 4.69) is 20.7 Å². The van der Waals surface area contributed by atoms with Gasteiger partial charge in [-0.3, -0.25) is 0 Å². The average molecular weight is 521 g/mol. The Balaban J connectivity index is 0.00000300. The summed E-state index contributed by atoms with van der Waals surface area (Å²) in [5, 5.41) is 10.5. The molecular formula is C20H27F3IN5. The van der Waals surface area contributed by atoms with E-state index in [1.54, 1.807) is 10.9 Å². The van der Waals surface area contributed by atoms with Crippen LogP contribution in [0.1, 0.15) is 38.2 Å². The fourth-order valence-electron chi connectivity index (χ4n) is 3.52. The number of alkyl halides is 3. The molecule has 1 fully saturated rings. The molecule has 29 heavy (non-hydrogen) atoms. The van der Waals surface area contributed by atoms with Crippen LogP contribution in [0.4, 0.5) is 13.2 Å². The molecule has 160 valence electrons. The molecule has 2 atom stereocenters. The number of aliphatic imine (C=N–C) groups is 1. The van der Waals surface area contributed by atoms with Crippen molar-refractivity contribution < 1.29 is 13.2 Å². The first kappa shape index (κ1) is 23.5. The lowest BCUT2D eigenvalue weighted by molar-refractivity contribution is -0.183. The van der Waals surface area contributed by atoms with Crippen LogP contribution in [-0.2, 0) is 6.54 Å². The molecule has 2 aromatic rings. The Morgan fingerprint density at radius 2 is 2.10 bits per heavy atom. The van der Waals surface area contributed by atoms with Crippen LogP contribution in [0.5, 0.6) is 0 Å². The Morgan fingerprint density at radius 1 is 1.28 bits per heavy atom. The lowest BCUT2D eigenvalue weighted by Crippen LogP contribution is -2.46. The fraction of sp³-hybridized carbons (Fsp3) is 0.500. The Labute approximate surface area is 186 Å². The molecule has 2 N–H and O–H groups in total. The Morgan fingerprint density at radius 3 is 2.79 bits per heavy atom. The number of nitrogens with one attached hydrogen (secondary N) is 2. The van der Waals surface area contributed by atoms with Gasteiger partial charge in [-0.15, -0.1) is 24.0 Å². The molecule has 1 aromatic carbocycles. The van der Waals surface area contributed by atoms with Gasteiger partial charge in [0.25, 0.3) is 0 Å². The number of nitrogens with zero attached hydrogens (tertiary/aromatic N) is 3. The van der Waals surface area contributed by atoms with E-state index in [0.717, 1.165) is 17.7 Å². The minimum atomic E-state index is -4.12. The molecule has 1 saturated carbocycles. The minimum Gasteiger partial charge on any atom is -0.357 e. The summed E-state index contributed by atoms with van der Waals surface area (Å²) >= 11 is 0. The van der Waals surface area contributed by atoms with Gasteiger partial charge in [-0.1, -0.05) is 18.6 Å². The average Bonchev–Trinajstić information content (AvgIpc) is 3.21. The Bertz CT molecular complexity index is 777. The van der Waals surface area contributed by atoms with E-state index >= 15 is 0 Å². The van der Waals surface area contributed by atoms with Crippen molar-refractivity contribution in [3.8, 4) is 5.69 Å². The third-order valence-electron chi connectivity index (χ3n) is 4.92. The largest absolute Gasteiger partial charge is 0.391 e. The van der Waals surface area contributed by atoms with Gasteiger partial charge in [0, 0.05) is 25.0 Å². The third-order valence-corrected chi connectivity index (χ3v) is 4.92. The quantitative estimate of drug-likeness (QED) is 0.342. The van der Waals surface area contributed by atoms with Crippen molar-refractivity contribution in [1.29, 1.82) is 0 Å². The standard InChI is InChI=1S/C20H26F3N5.HI/c1-2-24-19(27-17-8-4-7-16(13-17)20(21,22)23)25-14-15-6-3-9-18(12-15)28-11-5-10-26-28;/h3,5-6,9-12,16-17H,2,4,7-8,13-14H2,1H3,(H2,24,25,27);1H. The highest BCUT2D eigenvalue weighted by atomic mass is 127. The van der Waals surface area contributed by atoms with Crippen molar-refractivity contribution in [2.75, 3.05) is 6.54 Å². The maximum Gasteiger partial charge on any atom is 0.391 e. The molecule has 0 aliphatic heterocycles. The molecule has 0 bridgehead atoms. The SMILES string of the molecule is CCNC(=NCc1cccc(-n2cccn2)c1)NC1CCCC(C(F)(F)F)C1.I. The maximum atomic E-state index is 13.0. The van der Waals surface area contributed by atoms with Gasteiger partial charge in [-0.25, -0.2) is 9.67 Å². The fourth-order valence-corrected chi connectivity index (χ4v) is 3.52. The lowest BCUT2D eigenvalue weighted by atomic mass is 9.85. The normalized spacial score (nSPS) is 20.1. The van der Waals surface area contributed by atoms with Gasteiger partial charge < -0.3 is 10.6 Å². The lowest BCUT2D eigenvalue weighted by Gasteiger charge is -2.31. The maximum absolute atomic E-state index is 13.0. The molecule has 1 aromatic heterocycles. The molecule has 0 saturated heterocycles. The summed E-state index contributed by atoms with van der Waals surface area (Å²) in [6.45, 7) is 3.02. The van der Waals surface area contributed by atoms with Crippen LogP contribution in [-0.4, -0.2) is 34.5 Å². The second-order valence-electron chi connectivity index (χ2n) is 7.06. The van der Waals surface area contributed by atoms with E-state index in [9.17, 15) is 13.2 Å². The number of halogens is 4. The van der Waals surface area contributed by atoms with Crippen LogP contribution < -0.4 is 10.6 Å². The summed E-state index contributed by atoms with van der Waals surface area (Å²) < 4.78 is 40.9. The molecule has 0 radical (unpaired) electrons. The molecule has 9 heteroatoms. The Hall–Kier alpha value is -1.78. The van der Waals surface area contributed by atoms with Gasteiger partial charge in [0.05, 0.1) is 18.2 Å². The van der Waals surface area contributed by atoms with Gasteiger partial charge in [0.15, 0.2) is 5.96 Å². The molecule has 1 heterocycles. The number of guanidine groups is 1. The van der Waals surface area contributed by atoms with Crippen molar-refractivity contribution in [3.05, 3.63) is 48.3 Å². The van der Waals surface area contributed by atoms with E-state index < -0.39 is 12.1 Å². The van der Waals surface area contributed by atoms with Crippen LogP contribution >= 0.6 is 24.0 Å². The summed E-state index contributed by atoms with van der Waals surface area (Å²) in [5.41, 5.74) is 1.94. The van der Waals surface area contributed by atoms with Gasteiger partial charge in [0.1, 0.15) is 0 Å². The van der Waals surface area contributed by atoms with Crippen molar-refractivity contribution >= 4 is 29.9 Å². The van der Waals surface area contributed by atoms with Crippen molar-refractivity contribution in [1.82, 2.24) is 20.4 Å². The zero-order valence-corrected chi connectivity index (χ0v) is 18.7. The molecule has 0 amide bonds. The number of hydrogen-bond acceptors (Lipinski definition) is 2. The van der Waals surface area contributed by atoms with Crippen LogP contribution in [0.3, 0.4) is 0 Å². The first-order chi connectivity index (χ1) is 13.5. The van der Waals surface area contributed by atoms with Crippen LogP contribution in [0, 0.1) is 5.92 Å². The van der Waals surface area contributed by atoms with Gasteiger partial charge >= 0.3 is 6.18 Å². The van der Waals surface area contributed by atoms with E-state index in [0.29, 0.717) is 25.5 Å². The zero-order valence-electron chi connectivity index (χ0n) is 16.3. The molecular weight excluding hydrogens is 494 g/mol. The van der Waals surface area contributed by atoms with Crippen LogP contribution in [0.15, 0.2) is 47.7 Å². The van der Waals surface area contributed by atoms with Gasteiger partial charge in [0.2, 0.25) is 0 Å². The molecule has 1 aliphatic carbocycles. The van der Waals surface area contributed by atoms with Crippen molar-refractivity contribution in [3.63, 3.8) is 0 Å². The van der Waals surface area contributed by atoms with E-state index in [4.69, 9.17) is 0 Å². The van der Waals surface area contributed by atoms with E-state index in [1.165, 1.54) is 0 Å². The monoisotopic (exact) mass is 521 g/mol. The summed E-state index contributed by atoms with van der Waals surface area (Å²) in [5.74, 6) is -0.674. The molecule has 3 rings (SSSR count). The summed E-state index contributed by atoms with van der Waals surface area (Å²) in [6.07, 6.45) is 1.09. The van der Waals surface area contributed by atoms with Crippen LogP contribution in [0.25, 0.3) is 5.69 Å². The second kappa shape index (κ2) is 10.8. The molecule has 5 nitrogen and oxygen atoms in total. The highest BCUT2D eigenvalue weighted by molar-refractivity contribution is 14.0.